The van der Waals surface area contributed by atoms with Crippen molar-refractivity contribution in [2.24, 2.45) is 0 Å². The zero-order valence-electron chi connectivity index (χ0n) is 12.1. The lowest BCUT2D eigenvalue weighted by Gasteiger charge is -2.08. The largest absolute Gasteiger partial charge is 0.288 e. The van der Waals surface area contributed by atoms with Crippen LogP contribution in [-0.2, 0) is 0 Å². The van der Waals surface area contributed by atoms with Crippen molar-refractivity contribution in [2.45, 2.75) is 13.8 Å². The van der Waals surface area contributed by atoms with E-state index in [9.17, 15) is 14.9 Å². The molecule has 0 unspecified atom stereocenters. The minimum Gasteiger partial charge on any atom is -0.288 e. The summed E-state index contributed by atoms with van der Waals surface area (Å²) >= 11 is 1.57. The van der Waals surface area contributed by atoms with Crippen molar-refractivity contribution in [1.82, 2.24) is 0 Å². The highest BCUT2D eigenvalue weighted by atomic mass is 32.1. The molecule has 0 amide bonds. The number of nitro benzene ring substituents is 1. The number of hydrogen-bond acceptors (Lipinski definition) is 4. The standard InChI is InChI=1S/C17H13NO3S/c1-10-4-3-5-14-15(10)17(19)16(11(2)22-14)12-6-8-13(9-7-12)18(20)21/h3-9H,1-2H3. The Kier molecular flexibility index (Phi) is 3.50. The predicted octanol–water partition coefficient (Wildman–Crippen LogP) is 4.45. The fraction of sp³-hybridized carbons (Fsp3) is 0.118. The van der Waals surface area contributed by atoms with Crippen molar-refractivity contribution in [3.8, 4) is 11.1 Å². The summed E-state index contributed by atoms with van der Waals surface area (Å²) in [6.07, 6.45) is 0. The van der Waals surface area contributed by atoms with Crippen molar-refractivity contribution >= 4 is 27.1 Å². The van der Waals surface area contributed by atoms with E-state index in [1.807, 2.05) is 32.0 Å². The van der Waals surface area contributed by atoms with Crippen LogP contribution in [0.25, 0.3) is 21.2 Å². The second-order valence-electron chi connectivity index (χ2n) is 5.11. The van der Waals surface area contributed by atoms with E-state index < -0.39 is 4.92 Å². The Hall–Kier alpha value is -2.53. The van der Waals surface area contributed by atoms with Gasteiger partial charge in [-0.3, -0.25) is 14.9 Å². The number of nitrogens with zero attached hydrogens (tertiary/aromatic N) is 1. The first-order valence-electron chi connectivity index (χ1n) is 6.77. The summed E-state index contributed by atoms with van der Waals surface area (Å²) in [5.74, 6) is 0. The molecule has 0 aliphatic heterocycles. The van der Waals surface area contributed by atoms with Gasteiger partial charge in [0.25, 0.3) is 5.69 Å². The lowest BCUT2D eigenvalue weighted by Crippen LogP contribution is -2.07. The van der Waals surface area contributed by atoms with E-state index >= 15 is 0 Å². The maximum absolute atomic E-state index is 12.9. The van der Waals surface area contributed by atoms with E-state index in [1.165, 1.54) is 12.1 Å². The molecule has 0 aliphatic carbocycles. The Labute approximate surface area is 130 Å². The summed E-state index contributed by atoms with van der Waals surface area (Å²) in [4.78, 5) is 24.1. The molecule has 3 aromatic rings. The van der Waals surface area contributed by atoms with Crippen molar-refractivity contribution in [1.29, 1.82) is 0 Å². The Bertz CT molecular complexity index is 943. The minimum absolute atomic E-state index is 0.0156. The van der Waals surface area contributed by atoms with Gasteiger partial charge in [0.05, 0.1) is 4.92 Å². The number of non-ortho nitro benzene ring substituents is 1. The molecule has 3 rings (SSSR count). The van der Waals surface area contributed by atoms with Crippen LogP contribution in [0.1, 0.15) is 10.4 Å². The van der Waals surface area contributed by atoms with Gasteiger partial charge in [0.2, 0.25) is 0 Å². The highest BCUT2D eigenvalue weighted by molar-refractivity contribution is 7.18. The van der Waals surface area contributed by atoms with Crippen molar-refractivity contribution in [3.05, 3.63) is 73.2 Å². The van der Waals surface area contributed by atoms with Gasteiger partial charge in [-0.2, -0.15) is 0 Å². The average molecular weight is 311 g/mol. The molecule has 5 heteroatoms. The number of rotatable bonds is 2. The van der Waals surface area contributed by atoms with Crippen LogP contribution in [0.5, 0.6) is 0 Å². The number of aryl methyl sites for hydroxylation is 2. The van der Waals surface area contributed by atoms with E-state index in [4.69, 9.17) is 0 Å². The van der Waals surface area contributed by atoms with Gasteiger partial charge in [0, 0.05) is 32.7 Å². The molecule has 0 atom stereocenters. The first-order chi connectivity index (χ1) is 10.5. The molecule has 110 valence electrons. The summed E-state index contributed by atoms with van der Waals surface area (Å²) in [7, 11) is 0. The van der Waals surface area contributed by atoms with Crippen LogP contribution >= 0.6 is 11.3 Å². The molecule has 22 heavy (non-hydrogen) atoms. The molecule has 0 spiro atoms. The Morgan fingerprint density at radius 1 is 1.05 bits per heavy atom. The third-order valence-corrected chi connectivity index (χ3v) is 4.74. The number of fused-ring (bicyclic) bond motifs is 1. The van der Waals surface area contributed by atoms with Gasteiger partial charge in [-0.05, 0) is 43.2 Å². The van der Waals surface area contributed by atoms with Gasteiger partial charge in [0.1, 0.15) is 0 Å². The molecule has 0 aliphatic rings. The van der Waals surface area contributed by atoms with Gasteiger partial charge >= 0.3 is 0 Å². The smallest absolute Gasteiger partial charge is 0.269 e. The predicted molar refractivity (Wildman–Crippen MR) is 89.7 cm³/mol. The highest BCUT2D eigenvalue weighted by Gasteiger charge is 2.14. The Morgan fingerprint density at radius 3 is 2.36 bits per heavy atom. The third-order valence-electron chi connectivity index (χ3n) is 3.67. The molecule has 0 fully saturated rings. The minimum atomic E-state index is -0.443. The number of hydrogen-bond donors (Lipinski definition) is 0. The van der Waals surface area contributed by atoms with Crippen LogP contribution in [0.4, 0.5) is 5.69 Å². The van der Waals surface area contributed by atoms with E-state index in [-0.39, 0.29) is 11.1 Å². The van der Waals surface area contributed by atoms with E-state index in [2.05, 4.69) is 0 Å². The molecular formula is C17H13NO3S. The van der Waals surface area contributed by atoms with Crippen LogP contribution in [0.3, 0.4) is 0 Å². The molecule has 0 saturated carbocycles. The van der Waals surface area contributed by atoms with E-state index in [0.717, 1.165) is 26.1 Å². The molecule has 0 radical (unpaired) electrons. The fourth-order valence-corrected chi connectivity index (χ4v) is 3.75. The van der Waals surface area contributed by atoms with Gasteiger partial charge in [-0.25, -0.2) is 0 Å². The van der Waals surface area contributed by atoms with Gasteiger partial charge < -0.3 is 0 Å². The van der Waals surface area contributed by atoms with Gasteiger partial charge in [-0.15, -0.1) is 11.3 Å². The summed E-state index contributed by atoms with van der Waals surface area (Å²) in [5, 5.41) is 11.5. The van der Waals surface area contributed by atoms with Gasteiger partial charge in [0.15, 0.2) is 5.43 Å². The zero-order chi connectivity index (χ0) is 15.9. The Morgan fingerprint density at radius 2 is 1.73 bits per heavy atom. The van der Waals surface area contributed by atoms with Gasteiger partial charge in [-0.1, -0.05) is 12.1 Å². The molecule has 2 aromatic carbocycles. The maximum atomic E-state index is 12.9. The molecule has 0 N–H and O–H groups in total. The van der Waals surface area contributed by atoms with Crippen molar-refractivity contribution in [3.63, 3.8) is 0 Å². The van der Waals surface area contributed by atoms with Crippen LogP contribution in [0.15, 0.2) is 47.3 Å². The molecular weight excluding hydrogens is 298 g/mol. The number of benzene rings is 2. The number of nitro groups is 1. The second-order valence-corrected chi connectivity index (χ2v) is 6.37. The first kappa shape index (κ1) is 14.4. The summed E-state index contributed by atoms with van der Waals surface area (Å²) in [5.41, 5.74) is 2.30. The average Bonchev–Trinajstić information content (AvgIpc) is 2.47. The molecule has 0 bridgehead atoms. The summed E-state index contributed by atoms with van der Waals surface area (Å²) < 4.78 is 0.966. The monoisotopic (exact) mass is 311 g/mol. The molecule has 1 aromatic heterocycles. The fourth-order valence-electron chi connectivity index (χ4n) is 2.60. The molecule has 4 nitrogen and oxygen atoms in total. The molecule has 1 heterocycles. The van der Waals surface area contributed by atoms with Crippen molar-refractivity contribution in [2.75, 3.05) is 0 Å². The topological polar surface area (TPSA) is 60.2 Å². The van der Waals surface area contributed by atoms with Crippen molar-refractivity contribution < 1.29 is 4.92 Å². The van der Waals surface area contributed by atoms with Crippen LogP contribution in [0.2, 0.25) is 0 Å². The van der Waals surface area contributed by atoms with E-state index in [1.54, 1.807) is 23.5 Å². The lowest BCUT2D eigenvalue weighted by atomic mass is 10.0. The Balaban J connectivity index is 2.29. The van der Waals surface area contributed by atoms with Crippen LogP contribution in [-0.4, -0.2) is 4.92 Å². The first-order valence-corrected chi connectivity index (χ1v) is 7.58. The second kappa shape index (κ2) is 5.35. The SMILES string of the molecule is Cc1sc2cccc(C)c2c(=O)c1-c1ccc([N+](=O)[O-])cc1. The summed E-state index contributed by atoms with van der Waals surface area (Å²) in [6.45, 7) is 3.83. The lowest BCUT2D eigenvalue weighted by molar-refractivity contribution is -0.384. The zero-order valence-corrected chi connectivity index (χ0v) is 12.9. The van der Waals surface area contributed by atoms with Crippen LogP contribution in [0, 0.1) is 24.0 Å². The van der Waals surface area contributed by atoms with E-state index in [0.29, 0.717) is 5.56 Å². The molecule has 0 saturated heterocycles. The maximum Gasteiger partial charge on any atom is 0.269 e. The quantitative estimate of drug-likeness (QED) is 0.519. The highest BCUT2D eigenvalue weighted by Crippen LogP contribution is 2.30. The third kappa shape index (κ3) is 2.29. The van der Waals surface area contributed by atoms with Crippen LogP contribution < -0.4 is 5.43 Å². The summed E-state index contributed by atoms with van der Waals surface area (Å²) in [6, 6.07) is 11.9. The normalized spacial score (nSPS) is 10.8.